The first kappa shape index (κ1) is 14.4. The molecule has 0 saturated carbocycles. The van der Waals surface area contributed by atoms with Crippen LogP contribution in [-0.4, -0.2) is 29.7 Å². The summed E-state index contributed by atoms with van der Waals surface area (Å²) in [5.41, 5.74) is 5.62. The highest BCUT2D eigenvalue weighted by Gasteiger charge is 2.13. The van der Waals surface area contributed by atoms with E-state index in [0.29, 0.717) is 25.3 Å². The lowest BCUT2D eigenvalue weighted by atomic mass is 10.1. The molecule has 1 unspecified atom stereocenters. The van der Waals surface area contributed by atoms with Crippen LogP contribution >= 0.6 is 0 Å². The first-order valence-electron chi connectivity index (χ1n) is 5.68. The Kier molecular flexibility index (Phi) is 7.34. The molecule has 0 spiro atoms. The molecule has 4 nitrogen and oxygen atoms in total. The van der Waals surface area contributed by atoms with E-state index < -0.39 is 12.1 Å². The molecule has 0 fully saturated rings. The fourth-order valence-corrected chi connectivity index (χ4v) is 1.42. The van der Waals surface area contributed by atoms with Crippen LogP contribution in [0.25, 0.3) is 0 Å². The van der Waals surface area contributed by atoms with Crippen LogP contribution in [0.3, 0.4) is 0 Å². The van der Waals surface area contributed by atoms with Gasteiger partial charge in [-0.3, -0.25) is 4.79 Å². The first-order valence-corrected chi connectivity index (χ1v) is 5.68. The van der Waals surface area contributed by atoms with Gasteiger partial charge in [-0.15, -0.1) is 0 Å². The number of carbonyl (C=O) groups excluding carboxylic acids is 1. The van der Waals surface area contributed by atoms with Gasteiger partial charge in [-0.05, 0) is 18.8 Å². The van der Waals surface area contributed by atoms with E-state index in [2.05, 4.69) is 5.32 Å². The van der Waals surface area contributed by atoms with Crippen molar-refractivity contribution in [2.75, 3.05) is 6.54 Å². The molecule has 1 amide bonds. The maximum atomic E-state index is 11.4. The number of nitrogens with one attached hydrogen (secondary N) is 1. The third kappa shape index (κ3) is 7.33. The van der Waals surface area contributed by atoms with Gasteiger partial charge in [-0.1, -0.05) is 27.2 Å². The minimum absolute atomic E-state index is 0.167. The van der Waals surface area contributed by atoms with Crippen LogP contribution in [0.4, 0.5) is 0 Å². The Hall–Kier alpha value is -0.610. The number of aliphatic hydroxyl groups excluding tert-OH is 1. The fraction of sp³-hybridized carbons (Fsp3) is 0.909. The monoisotopic (exact) mass is 216 g/mol. The Bertz CT molecular complexity index is 183. The van der Waals surface area contributed by atoms with Crippen LogP contribution in [-0.2, 0) is 4.79 Å². The molecule has 0 aliphatic rings. The third-order valence-electron chi connectivity index (χ3n) is 2.19. The summed E-state index contributed by atoms with van der Waals surface area (Å²) in [5.74, 6) is 0.265. The lowest BCUT2D eigenvalue weighted by Crippen LogP contribution is -2.43. The van der Waals surface area contributed by atoms with E-state index in [1.807, 2.05) is 20.8 Å². The largest absolute Gasteiger partial charge is 0.391 e. The van der Waals surface area contributed by atoms with Crippen LogP contribution in [0, 0.1) is 5.92 Å². The fourth-order valence-electron chi connectivity index (χ4n) is 1.42. The molecule has 0 heterocycles. The second-order valence-electron chi connectivity index (χ2n) is 4.42. The summed E-state index contributed by atoms with van der Waals surface area (Å²) >= 11 is 0. The molecule has 0 aliphatic carbocycles. The van der Waals surface area contributed by atoms with Gasteiger partial charge in [0.2, 0.25) is 5.91 Å². The Labute approximate surface area is 92.2 Å². The predicted octanol–water partition coefficient (Wildman–Crippen LogP) is 0.637. The Morgan fingerprint density at radius 3 is 2.53 bits per heavy atom. The average molecular weight is 216 g/mol. The number of hydrogen-bond acceptors (Lipinski definition) is 3. The van der Waals surface area contributed by atoms with Crippen molar-refractivity contribution >= 4 is 5.91 Å². The summed E-state index contributed by atoms with van der Waals surface area (Å²) in [6, 6.07) is -0.443. The van der Waals surface area contributed by atoms with Gasteiger partial charge in [0, 0.05) is 6.54 Å². The highest BCUT2D eigenvalue weighted by molar-refractivity contribution is 5.81. The van der Waals surface area contributed by atoms with Crippen molar-refractivity contribution in [3.8, 4) is 0 Å². The number of nitrogens with two attached hydrogens (primary N) is 1. The molecule has 0 rings (SSSR count). The van der Waals surface area contributed by atoms with Gasteiger partial charge in [0.15, 0.2) is 0 Å². The molecule has 0 aromatic heterocycles. The zero-order valence-corrected chi connectivity index (χ0v) is 9.99. The zero-order valence-electron chi connectivity index (χ0n) is 9.99. The molecule has 90 valence electrons. The minimum atomic E-state index is -0.470. The normalized spacial score (nSPS) is 15.1. The second kappa shape index (κ2) is 7.65. The molecule has 0 bridgehead atoms. The molecular formula is C11H24N2O2. The molecule has 0 aromatic carbocycles. The quantitative estimate of drug-likeness (QED) is 0.584. The molecule has 2 atom stereocenters. The number of aliphatic hydroxyl groups is 1. The van der Waals surface area contributed by atoms with E-state index in [9.17, 15) is 9.90 Å². The summed E-state index contributed by atoms with van der Waals surface area (Å²) in [5, 5.41) is 12.2. The molecule has 15 heavy (non-hydrogen) atoms. The van der Waals surface area contributed by atoms with Crippen molar-refractivity contribution in [1.29, 1.82) is 0 Å². The van der Waals surface area contributed by atoms with E-state index in [1.54, 1.807) is 0 Å². The molecule has 0 aromatic rings. The van der Waals surface area contributed by atoms with Crippen molar-refractivity contribution < 1.29 is 9.90 Å². The van der Waals surface area contributed by atoms with E-state index in [1.165, 1.54) is 0 Å². The Balaban J connectivity index is 3.70. The van der Waals surface area contributed by atoms with Gasteiger partial charge in [-0.25, -0.2) is 0 Å². The smallest absolute Gasteiger partial charge is 0.237 e. The van der Waals surface area contributed by atoms with E-state index in [0.717, 1.165) is 6.42 Å². The zero-order chi connectivity index (χ0) is 11.8. The molecule has 0 aliphatic heterocycles. The first-order chi connectivity index (χ1) is 6.97. The van der Waals surface area contributed by atoms with Crippen molar-refractivity contribution in [3.05, 3.63) is 0 Å². The van der Waals surface area contributed by atoms with Crippen molar-refractivity contribution in [2.45, 2.75) is 52.2 Å². The number of rotatable bonds is 7. The van der Waals surface area contributed by atoms with E-state index >= 15 is 0 Å². The van der Waals surface area contributed by atoms with Crippen molar-refractivity contribution in [2.24, 2.45) is 11.7 Å². The summed E-state index contributed by atoms with van der Waals surface area (Å²) in [6.07, 6.45) is 1.81. The predicted molar refractivity (Wildman–Crippen MR) is 61.4 cm³/mol. The van der Waals surface area contributed by atoms with Crippen LogP contribution in [0.5, 0.6) is 0 Å². The average Bonchev–Trinajstić information content (AvgIpc) is 2.13. The number of amides is 1. The molecule has 4 N–H and O–H groups in total. The summed E-state index contributed by atoms with van der Waals surface area (Å²) in [7, 11) is 0. The van der Waals surface area contributed by atoms with Crippen LogP contribution in [0.1, 0.15) is 40.0 Å². The minimum Gasteiger partial charge on any atom is -0.391 e. The molecular weight excluding hydrogens is 192 g/mol. The van der Waals surface area contributed by atoms with Crippen molar-refractivity contribution in [3.63, 3.8) is 0 Å². The van der Waals surface area contributed by atoms with Gasteiger partial charge in [0.25, 0.3) is 0 Å². The highest BCUT2D eigenvalue weighted by Crippen LogP contribution is 2.03. The molecule has 4 heteroatoms. The highest BCUT2D eigenvalue weighted by atomic mass is 16.3. The number of hydrogen-bond donors (Lipinski definition) is 3. The summed E-state index contributed by atoms with van der Waals surface area (Å²) < 4.78 is 0. The van der Waals surface area contributed by atoms with E-state index in [4.69, 9.17) is 5.73 Å². The third-order valence-corrected chi connectivity index (χ3v) is 2.19. The maximum Gasteiger partial charge on any atom is 0.237 e. The van der Waals surface area contributed by atoms with Gasteiger partial charge in [0.05, 0.1) is 12.1 Å². The van der Waals surface area contributed by atoms with Gasteiger partial charge in [-0.2, -0.15) is 0 Å². The number of carbonyl (C=O) groups is 1. The van der Waals surface area contributed by atoms with Gasteiger partial charge < -0.3 is 16.2 Å². The van der Waals surface area contributed by atoms with Crippen LogP contribution < -0.4 is 11.1 Å². The van der Waals surface area contributed by atoms with Gasteiger partial charge in [0.1, 0.15) is 0 Å². The lowest BCUT2D eigenvalue weighted by Gasteiger charge is -2.16. The van der Waals surface area contributed by atoms with Crippen LogP contribution in [0.15, 0.2) is 0 Å². The standard InChI is InChI=1S/C11H24N2O2/c1-4-5-10(12)11(15)13-7-9(14)6-8(2)3/h8-10,14H,4-7,12H2,1-3H3,(H,13,15)/t9?,10-/m0/s1. The van der Waals surface area contributed by atoms with Crippen LogP contribution in [0.2, 0.25) is 0 Å². The Morgan fingerprint density at radius 1 is 1.47 bits per heavy atom. The maximum absolute atomic E-state index is 11.4. The summed E-state index contributed by atoms with van der Waals surface area (Å²) in [6.45, 7) is 6.36. The topological polar surface area (TPSA) is 75.4 Å². The van der Waals surface area contributed by atoms with Gasteiger partial charge >= 0.3 is 0 Å². The van der Waals surface area contributed by atoms with Crippen molar-refractivity contribution in [1.82, 2.24) is 5.32 Å². The molecule has 0 saturated heterocycles. The Morgan fingerprint density at radius 2 is 2.07 bits per heavy atom. The van der Waals surface area contributed by atoms with E-state index in [-0.39, 0.29) is 5.91 Å². The molecule has 0 radical (unpaired) electrons. The lowest BCUT2D eigenvalue weighted by molar-refractivity contribution is -0.123. The summed E-state index contributed by atoms with van der Waals surface area (Å²) in [4.78, 5) is 11.4. The second-order valence-corrected chi connectivity index (χ2v) is 4.42. The SMILES string of the molecule is CCC[C@H](N)C(=O)NCC(O)CC(C)C.